The molecule has 0 amide bonds. The number of ether oxygens (including phenoxy) is 3. The van der Waals surface area contributed by atoms with Crippen LogP contribution in [-0.2, 0) is 4.74 Å². The first-order valence-electron chi connectivity index (χ1n) is 6.25. The van der Waals surface area contributed by atoms with Crippen LogP contribution in [0.3, 0.4) is 0 Å². The number of hydrogen-bond acceptors (Lipinski definition) is 3. The topological polar surface area (TPSA) is 31.0 Å². The van der Waals surface area contributed by atoms with Crippen LogP contribution in [-0.4, -0.2) is 25.9 Å². The summed E-state index contributed by atoms with van der Waals surface area (Å²) >= 11 is 0. The van der Waals surface area contributed by atoms with E-state index in [-0.39, 0.29) is 0 Å². The third kappa shape index (κ3) is 4.27. The predicted octanol–water partition coefficient (Wildman–Crippen LogP) is 2.89. The summed E-state index contributed by atoms with van der Waals surface area (Å²) in [4.78, 5) is 0. The van der Waals surface area contributed by atoms with Crippen molar-refractivity contribution >= 4 is 0 Å². The molecule has 0 aliphatic carbocycles. The third-order valence-corrected chi connectivity index (χ3v) is 2.88. The van der Waals surface area contributed by atoms with Crippen LogP contribution in [0.5, 0.6) is 11.5 Å². The molecule has 1 saturated heterocycles. The van der Waals surface area contributed by atoms with Gasteiger partial charge in [0, 0.05) is 6.07 Å². The van der Waals surface area contributed by atoms with Crippen molar-refractivity contribution in [2.24, 2.45) is 5.92 Å². The molecule has 1 aliphatic rings. The van der Waals surface area contributed by atoms with Crippen LogP contribution in [0.25, 0.3) is 0 Å². The second kappa shape index (κ2) is 5.92. The van der Waals surface area contributed by atoms with E-state index in [4.69, 9.17) is 14.2 Å². The molecule has 2 unspecified atom stereocenters. The van der Waals surface area contributed by atoms with Gasteiger partial charge in [-0.25, -0.2) is 0 Å². The first kappa shape index (κ1) is 12.2. The molecule has 3 heteroatoms. The van der Waals surface area contributed by atoms with Crippen molar-refractivity contribution in [2.45, 2.75) is 26.4 Å². The summed E-state index contributed by atoms with van der Waals surface area (Å²) in [5.74, 6) is 2.31. The molecule has 1 fully saturated rings. The van der Waals surface area contributed by atoms with E-state index in [2.05, 4.69) is 13.8 Å². The fraction of sp³-hybridized carbons (Fsp3) is 0.571. The van der Waals surface area contributed by atoms with Crippen LogP contribution < -0.4 is 9.47 Å². The summed E-state index contributed by atoms with van der Waals surface area (Å²) in [6.45, 7) is 6.57. The van der Waals surface area contributed by atoms with Gasteiger partial charge in [-0.3, -0.25) is 0 Å². The normalized spacial score (nSPS) is 19.8. The summed E-state index contributed by atoms with van der Waals surface area (Å²) < 4.78 is 16.4. The number of benzene rings is 1. The second-order valence-corrected chi connectivity index (χ2v) is 4.57. The minimum atomic E-state index is 0.291. The van der Waals surface area contributed by atoms with Crippen molar-refractivity contribution in [1.29, 1.82) is 0 Å². The first-order valence-corrected chi connectivity index (χ1v) is 6.25. The maximum absolute atomic E-state index is 5.71. The van der Waals surface area contributed by atoms with E-state index in [1.807, 2.05) is 24.3 Å². The average Bonchev–Trinajstić information content (AvgIpc) is 3.18. The van der Waals surface area contributed by atoms with Gasteiger partial charge in [0.15, 0.2) is 0 Å². The van der Waals surface area contributed by atoms with E-state index in [0.717, 1.165) is 31.1 Å². The van der Waals surface area contributed by atoms with Crippen molar-refractivity contribution in [3.8, 4) is 11.5 Å². The molecule has 1 aromatic carbocycles. The van der Waals surface area contributed by atoms with E-state index in [0.29, 0.717) is 18.6 Å². The highest BCUT2D eigenvalue weighted by molar-refractivity contribution is 5.32. The Morgan fingerprint density at radius 1 is 1.35 bits per heavy atom. The molecule has 0 N–H and O–H groups in total. The summed E-state index contributed by atoms with van der Waals surface area (Å²) in [5, 5.41) is 0. The van der Waals surface area contributed by atoms with E-state index in [9.17, 15) is 0 Å². The number of epoxide rings is 1. The van der Waals surface area contributed by atoms with E-state index in [1.165, 1.54) is 0 Å². The molecule has 2 rings (SSSR count). The largest absolute Gasteiger partial charge is 0.493 e. The van der Waals surface area contributed by atoms with Crippen LogP contribution in [0.15, 0.2) is 24.3 Å². The smallest absolute Gasteiger partial charge is 0.123 e. The number of hydrogen-bond donors (Lipinski definition) is 0. The van der Waals surface area contributed by atoms with Gasteiger partial charge in [0.25, 0.3) is 0 Å². The predicted molar refractivity (Wildman–Crippen MR) is 66.6 cm³/mol. The molecule has 0 aromatic heterocycles. The molecular formula is C14H20O3. The Bertz CT molecular complexity index is 347. The molecule has 0 radical (unpaired) electrons. The molecule has 17 heavy (non-hydrogen) atoms. The standard InChI is InChI=1S/C14H20O3/c1-3-11(2)8-15-12-5-4-6-13(7-12)16-9-14-10-17-14/h4-7,11,14H,3,8-10H2,1-2H3. The van der Waals surface area contributed by atoms with Crippen molar-refractivity contribution in [2.75, 3.05) is 19.8 Å². The SMILES string of the molecule is CCC(C)COc1cccc(OCC2CO2)c1. The molecule has 0 spiro atoms. The summed E-state index contributed by atoms with van der Waals surface area (Å²) in [6.07, 6.45) is 1.43. The maximum atomic E-state index is 5.71. The Balaban J connectivity index is 1.82. The highest BCUT2D eigenvalue weighted by Crippen LogP contribution is 2.21. The minimum Gasteiger partial charge on any atom is -0.493 e. The van der Waals surface area contributed by atoms with Gasteiger partial charge in [-0.05, 0) is 18.1 Å². The zero-order valence-corrected chi connectivity index (χ0v) is 10.5. The van der Waals surface area contributed by atoms with Gasteiger partial charge in [0.05, 0.1) is 13.2 Å². The first-order chi connectivity index (χ1) is 8.28. The van der Waals surface area contributed by atoms with Crippen LogP contribution in [0.4, 0.5) is 0 Å². The summed E-state index contributed by atoms with van der Waals surface area (Å²) in [6, 6.07) is 7.79. The van der Waals surface area contributed by atoms with Crippen LogP contribution >= 0.6 is 0 Å². The van der Waals surface area contributed by atoms with Gasteiger partial charge < -0.3 is 14.2 Å². The lowest BCUT2D eigenvalue weighted by molar-refractivity contribution is 0.248. The third-order valence-electron chi connectivity index (χ3n) is 2.88. The molecule has 3 nitrogen and oxygen atoms in total. The lowest BCUT2D eigenvalue weighted by Gasteiger charge is -2.12. The lowest BCUT2D eigenvalue weighted by atomic mass is 10.1. The Morgan fingerprint density at radius 2 is 2.06 bits per heavy atom. The maximum Gasteiger partial charge on any atom is 0.123 e. The average molecular weight is 236 g/mol. The van der Waals surface area contributed by atoms with Gasteiger partial charge >= 0.3 is 0 Å². The van der Waals surface area contributed by atoms with Crippen molar-refractivity contribution < 1.29 is 14.2 Å². The Kier molecular flexibility index (Phi) is 4.26. The van der Waals surface area contributed by atoms with Crippen LogP contribution in [0.2, 0.25) is 0 Å². The minimum absolute atomic E-state index is 0.291. The van der Waals surface area contributed by atoms with E-state index < -0.39 is 0 Å². The fourth-order valence-corrected chi connectivity index (χ4v) is 1.36. The van der Waals surface area contributed by atoms with E-state index >= 15 is 0 Å². The highest BCUT2D eigenvalue weighted by Gasteiger charge is 2.23. The van der Waals surface area contributed by atoms with Gasteiger partial charge in [-0.2, -0.15) is 0 Å². The second-order valence-electron chi connectivity index (χ2n) is 4.57. The molecule has 1 heterocycles. The molecule has 2 atom stereocenters. The highest BCUT2D eigenvalue weighted by atomic mass is 16.6. The van der Waals surface area contributed by atoms with Crippen molar-refractivity contribution in [3.63, 3.8) is 0 Å². The molecule has 0 bridgehead atoms. The molecule has 1 aromatic rings. The molecular weight excluding hydrogens is 216 g/mol. The fourth-order valence-electron chi connectivity index (χ4n) is 1.36. The van der Waals surface area contributed by atoms with Gasteiger partial charge in [0.2, 0.25) is 0 Å². The van der Waals surface area contributed by atoms with Gasteiger partial charge in [0.1, 0.15) is 24.2 Å². The summed E-state index contributed by atoms with van der Waals surface area (Å²) in [5.41, 5.74) is 0. The van der Waals surface area contributed by atoms with Crippen molar-refractivity contribution in [1.82, 2.24) is 0 Å². The Morgan fingerprint density at radius 3 is 2.71 bits per heavy atom. The Hall–Kier alpha value is -1.22. The zero-order valence-electron chi connectivity index (χ0n) is 10.5. The molecule has 0 saturated carbocycles. The zero-order chi connectivity index (χ0) is 12.1. The number of rotatable bonds is 7. The Labute approximate surface area is 103 Å². The molecule has 1 aliphatic heterocycles. The summed E-state index contributed by atoms with van der Waals surface area (Å²) in [7, 11) is 0. The van der Waals surface area contributed by atoms with Crippen LogP contribution in [0, 0.1) is 5.92 Å². The molecule has 94 valence electrons. The monoisotopic (exact) mass is 236 g/mol. The van der Waals surface area contributed by atoms with Crippen molar-refractivity contribution in [3.05, 3.63) is 24.3 Å². The van der Waals surface area contributed by atoms with Crippen LogP contribution in [0.1, 0.15) is 20.3 Å². The quantitative estimate of drug-likeness (QED) is 0.682. The lowest BCUT2D eigenvalue weighted by Crippen LogP contribution is -2.07. The van der Waals surface area contributed by atoms with E-state index in [1.54, 1.807) is 0 Å². The van der Waals surface area contributed by atoms with Gasteiger partial charge in [-0.15, -0.1) is 0 Å². The van der Waals surface area contributed by atoms with Gasteiger partial charge in [-0.1, -0.05) is 26.3 Å².